The second-order valence-corrected chi connectivity index (χ2v) is 5.43. The van der Waals surface area contributed by atoms with Gasteiger partial charge in [-0.25, -0.2) is 0 Å². The number of nitro groups is 1. The van der Waals surface area contributed by atoms with Crippen molar-refractivity contribution in [3.05, 3.63) is 69.2 Å². The van der Waals surface area contributed by atoms with E-state index in [4.69, 9.17) is 11.6 Å². The molecule has 3 rings (SSSR count). The molecule has 3 aromatic carbocycles. The van der Waals surface area contributed by atoms with E-state index >= 15 is 0 Å². The highest BCUT2D eigenvalue weighted by atomic mass is 35.5. The summed E-state index contributed by atoms with van der Waals surface area (Å²) in [6, 6.07) is 12.9. The molecule has 0 fully saturated rings. The minimum Gasteiger partial charge on any atom is -0.507 e. The van der Waals surface area contributed by atoms with E-state index in [0.29, 0.717) is 5.56 Å². The summed E-state index contributed by atoms with van der Waals surface area (Å²) in [6.45, 7) is 0. The maximum absolute atomic E-state index is 10.8. The van der Waals surface area contributed by atoms with Crippen LogP contribution >= 0.6 is 11.6 Å². The van der Waals surface area contributed by atoms with E-state index < -0.39 is 10.6 Å². The molecular weight excluding hydrogens is 332 g/mol. The minimum absolute atomic E-state index is 0.0324. The average molecular weight is 343 g/mol. The highest BCUT2D eigenvalue weighted by molar-refractivity contribution is 6.33. The van der Waals surface area contributed by atoms with E-state index in [1.807, 2.05) is 24.3 Å². The molecule has 120 valence electrons. The standard InChI is InChI=1S/C17H11ClN2O4/c18-13-7-14(17(22)8-15(13)20(23)24)19-9-12-11-4-2-1-3-10(11)5-6-16(12)21/h1-9,21-22H. The number of halogens is 1. The summed E-state index contributed by atoms with van der Waals surface area (Å²) in [5, 5.41) is 32.3. The second-order valence-electron chi connectivity index (χ2n) is 5.03. The molecule has 3 aromatic rings. The van der Waals surface area contributed by atoms with Gasteiger partial charge < -0.3 is 10.2 Å². The van der Waals surface area contributed by atoms with Gasteiger partial charge in [-0.3, -0.25) is 15.1 Å². The van der Waals surface area contributed by atoms with Crippen LogP contribution in [0.3, 0.4) is 0 Å². The first kappa shape index (κ1) is 15.8. The first-order valence-corrected chi connectivity index (χ1v) is 7.27. The molecule has 0 spiro atoms. The van der Waals surface area contributed by atoms with E-state index in [2.05, 4.69) is 4.99 Å². The van der Waals surface area contributed by atoms with E-state index in [-0.39, 0.29) is 22.2 Å². The van der Waals surface area contributed by atoms with Crippen LogP contribution in [-0.2, 0) is 0 Å². The van der Waals surface area contributed by atoms with Crippen molar-refractivity contribution in [1.82, 2.24) is 0 Å². The molecule has 0 aromatic heterocycles. The van der Waals surface area contributed by atoms with Gasteiger partial charge in [0.05, 0.1) is 11.0 Å². The Kier molecular flexibility index (Phi) is 4.05. The third-order valence-corrected chi connectivity index (χ3v) is 3.82. The normalized spacial score (nSPS) is 11.2. The van der Waals surface area contributed by atoms with Gasteiger partial charge >= 0.3 is 0 Å². The molecule has 2 N–H and O–H groups in total. The number of fused-ring (bicyclic) bond motifs is 1. The van der Waals surface area contributed by atoms with Crippen LogP contribution in [0.15, 0.2) is 53.5 Å². The summed E-state index contributed by atoms with van der Waals surface area (Å²) in [5.74, 6) is -0.341. The molecule has 0 radical (unpaired) electrons. The molecule has 7 heteroatoms. The highest BCUT2D eigenvalue weighted by Gasteiger charge is 2.16. The summed E-state index contributed by atoms with van der Waals surface area (Å²) in [6.07, 6.45) is 1.38. The van der Waals surface area contributed by atoms with Gasteiger partial charge in [-0.2, -0.15) is 0 Å². The number of nitrogens with zero attached hydrogens (tertiary/aromatic N) is 2. The molecule has 0 saturated carbocycles. The van der Waals surface area contributed by atoms with E-state index in [9.17, 15) is 20.3 Å². The number of rotatable bonds is 3. The number of aromatic hydroxyl groups is 2. The molecule has 0 aliphatic carbocycles. The number of nitro benzene ring substituents is 1. The van der Waals surface area contributed by atoms with Gasteiger partial charge in [-0.05, 0) is 22.9 Å². The molecule has 24 heavy (non-hydrogen) atoms. The van der Waals surface area contributed by atoms with Gasteiger partial charge in [0.15, 0.2) is 0 Å². The first-order valence-electron chi connectivity index (χ1n) is 6.89. The van der Waals surface area contributed by atoms with Crippen LogP contribution in [0.2, 0.25) is 5.02 Å². The van der Waals surface area contributed by atoms with Crippen LogP contribution in [-0.4, -0.2) is 21.4 Å². The number of aliphatic imine (C=N–C) groups is 1. The van der Waals surface area contributed by atoms with Gasteiger partial charge in [-0.15, -0.1) is 0 Å². The van der Waals surface area contributed by atoms with E-state index in [1.54, 1.807) is 12.1 Å². The second kappa shape index (κ2) is 6.17. The Balaban J connectivity index is 2.08. The van der Waals surface area contributed by atoms with E-state index in [1.165, 1.54) is 12.3 Å². The Morgan fingerprint density at radius 1 is 1.08 bits per heavy atom. The fourth-order valence-electron chi connectivity index (χ4n) is 2.34. The van der Waals surface area contributed by atoms with Crippen molar-refractivity contribution in [2.45, 2.75) is 0 Å². The van der Waals surface area contributed by atoms with Crippen molar-refractivity contribution in [1.29, 1.82) is 0 Å². The lowest BCUT2D eigenvalue weighted by atomic mass is 10.0. The zero-order valence-corrected chi connectivity index (χ0v) is 12.9. The van der Waals surface area contributed by atoms with Crippen molar-refractivity contribution in [3.63, 3.8) is 0 Å². The van der Waals surface area contributed by atoms with Crippen LogP contribution in [0, 0.1) is 10.1 Å². The highest BCUT2D eigenvalue weighted by Crippen LogP contribution is 2.37. The van der Waals surface area contributed by atoms with Crippen LogP contribution in [0.4, 0.5) is 11.4 Å². The van der Waals surface area contributed by atoms with Gasteiger partial charge in [0.1, 0.15) is 22.2 Å². The Labute approximate surface area is 141 Å². The third-order valence-electron chi connectivity index (χ3n) is 3.52. The fraction of sp³-hybridized carbons (Fsp3) is 0. The van der Waals surface area contributed by atoms with Gasteiger partial charge in [0.25, 0.3) is 5.69 Å². The van der Waals surface area contributed by atoms with Crippen LogP contribution in [0.5, 0.6) is 11.5 Å². The first-order chi connectivity index (χ1) is 11.5. The zero-order chi connectivity index (χ0) is 17.3. The molecule has 0 atom stereocenters. The number of benzene rings is 3. The number of phenols is 2. The molecule has 0 saturated heterocycles. The molecule has 0 heterocycles. The molecule has 0 unspecified atom stereocenters. The largest absolute Gasteiger partial charge is 0.507 e. The maximum Gasteiger partial charge on any atom is 0.291 e. The van der Waals surface area contributed by atoms with Gasteiger partial charge in [0, 0.05) is 11.8 Å². The van der Waals surface area contributed by atoms with Crippen molar-refractivity contribution in [2.75, 3.05) is 0 Å². The Bertz CT molecular complexity index is 986. The quantitative estimate of drug-likeness (QED) is 0.414. The predicted octanol–water partition coefficient (Wildman–Crippen LogP) is 4.56. The smallest absolute Gasteiger partial charge is 0.291 e. The van der Waals surface area contributed by atoms with E-state index in [0.717, 1.165) is 16.8 Å². The minimum atomic E-state index is -0.688. The molecule has 0 aliphatic rings. The molecule has 0 amide bonds. The Morgan fingerprint density at radius 2 is 1.83 bits per heavy atom. The van der Waals surface area contributed by atoms with Crippen LogP contribution in [0.25, 0.3) is 10.8 Å². The lowest BCUT2D eigenvalue weighted by molar-refractivity contribution is -0.384. The lowest BCUT2D eigenvalue weighted by Gasteiger charge is -2.05. The SMILES string of the molecule is O=[N+]([O-])c1cc(O)c(N=Cc2c(O)ccc3ccccc23)cc1Cl. The molecular formula is C17H11ClN2O4. The average Bonchev–Trinajstić information content (AvgIpc) is 2.56. The maximum atomic E-state index is 10.8. The molecule has 0 aliphatic heterocycles. The number of phenolic OH excluding ortho intramolecular Hbond substituents is 2. The van der Waals surface area contributed by atoms with Crippen molar-refractivity contribution in [2.24, 2.45) is 4.99 Å². The topological polar surface area (TPSA) is 96.0 Å². The predicted molar refractivity (Wildman–Crippen MR) is 92.6 cm³/mol. The summed E-state index contributed by atoms with van der Waals surface area (Å²) in [5.41, 5.74) is 0.140. The fourth-order valence-corrected chi connectivity index (χ4v) is 2.56. The lowest BCUT2D eigenvalue weighted by Crippen LogP contribution is -1.89. The van der Waals surface area contributed by atoms with Crippen molar-refractivity contribution >= 4 is 40.0 Å². The number of hydrogen-bond donors (Lipinski definition) is 2. The summed E-state index contributed by atoms with van der Waals surface area (Å²) >= 11 is 5.83. The Morgan fingerprint density at radius 3 is 2.58 bits per heavy atom. The number of hydrogen-bond acceptors (Lipinski definition) is 5. The summed E-state index contributed by atoms with van der Waals surface area (Å²) in [7, 11) is 0. The van der Waals surface area contributed by atoms with Crippen LogP contribution in [0.1, 0.15) is 5.56 Å². The molecule has 0 bridgehead atoms. The molecule has 6 nitrogen and oxygen atoms in total. The zero-order valence-electron chi connectivity index (χ0n) is 12.2. The third kappa shape index (κ3) is 2.87. The van der Waals surface area contributed by atoms with Gasteiger partial charge in [0.2, 0.25) is 0 Å². The van der Waals surface area contributed by atoms with Crippen molar-refractivity contribution < 1.29 is 15.1 Å². The van der Waals surface area contributed by atoms with Crippen molar-refractivity contribution in [3.8, 4) is 11.5 Å². The van der Waals surface area contributed by atoms with Crippen LogP contribution < -0.4 is 0 Å². The summed E-state index contributed by atoms with van der Waals surface area (Å²) < 4.78 is 0. The summed E-state index contributed by atoms with van der Waals surface area (Å²) in [4.78, 5) is 14.2. The monoisotopic (exact) mass is 342 g/mol. The van der Waals surface area contributed by atoms with Gasteiger partial charge in [-0.1, -0.05) is 41.9 Å². The Hall–Kier alpha value is -3.12.